The molecule has 0 aliphatic rings. The fourth-order valence-electron chi connectivity index (χ4n) is 2.98. The van der Waals surface area contributed by atoms with Gasteiger partial charge in [-0.15, -0.1) is 0 Å². The fraction of sp³-hybridized carbons (Fsp3) is 0.190. The van der Waals surface area contributed by atoms with Crippen molar-refractivity contribution in [1.29, 1.82) is 0 Å². The molecule has 0 fully saturated rings. The zero-order valence-corrected chi connectivity index (χ0v) is 16.3. The molecule has 2 aromatic carbocycles. The van der Waals surface area contributed by atoms with Gasteiger partial charge in [0.15, 0.2) is 12.4 Å². The maximum Gasteiger partial charge on any atom is 0.338 e. The van der Waals surface area contributed by atoms with E-state index in [0.717, 1.165) is 11.6 Å². The fourth-order valence-corrected chi connectivity index (χ4v) is 2.98. The molecule has 9 heteroatoms. The zero-order chi connectivity index (χ0) is 21.8. The lowest BCUT2D eigenvalue weighted by atomic mass is 10.1. The first-order valence-corrected chi connectivity index (χ1v) is 8.99. The molecule has 1 heterocycles. The van der Waals surface area contributed by atoms with Crippen molar-refractivity contribution in [2.75, 3.05) is 6.61 Å². The molecule has 0 atom stereocenters. The standard InChI is InChI=1S/C21H18FN3O5/c1-13-20(25(28)29)14(2)24(23-13)11-15-6-8-16(9-7-15)21(27)30-12-19(26)17-4-3-5-18(22)10-17/h3-10H,11-12H2,1-2H3. The Labute approximate surface area is 171 Å². The van der Waals surface area contributed by atoms with Gasteiger partial charge in [0.25, 0.3) is 0 Å². The van der Waals surface area contributed by atoms with Crippen molar-refractivity contribution in [1.82, 2.24) is 9.78 Å². The topological polar surface area (TPSA) is 104 Å². The van der Waals surface area contributed by atoms with Crippen LogP contribution in [-0.4, -0.2) is 33.1 Å². The normalized spacial score (nSPS) is 10.6. The first kappa shape index (κ1) is 20.8. The third kappa shape index (κ3) is 4.57. The summed E-state index contributed by atoms with van der Waals surface area (Å²) in [4.78, 5) is 34.8. The second-order valence-electron chi connectivity index (χ2n) is 6.64. The van der Waals surface area contributed by atoms with Crippen LogP contribution in [0.25, 0.3) is 0 Å². The van der Waals surface area contributed by atoms with E-state index in [4.69, 9.17) is 4.74 Å². The number of ether oxygens (including phenoxy) is 1. The molecule has 0 amide bonds. The molecule has 0 radical (unpaired) electrons. The molecule has 0 saturated heterocycles. The van der Waals surface area contributed by atoms with E-state index in [0.29, 0.717) is 17.9 Å². The van der Waals surface area contributed by atoms with Crippen molar-refractivity contribution in [3.05, 3.63) is 92.5 Å². The van der Waals surface area contributed by atoms with Gasteiger partial charge < -0.3 is 4.74 Å². The molecule has 154 valence electrons. The van der Waals surface area contributed by atoms with Gasteiger partial charge in [-0.2, -0.15) is 5.10 Å². The molecule has 0 N–H and O–H groups in total. The number of nitrogens with zero attached hydrogens (tertiary/aromatic N) is 3. The van der Waals surface area contributed by atoms with Crippen LogP contribution in [0.4, 0.5) is 10.1 Å². The highest BCUT2D eigenvalue weighted by Crippen LogP contribution is 2.22. The van der Waals surface area contributed by atoms with Gasteiger partial charge in [-0.3, -0.25) is 19.6 Å². The molecule has 3 rings (SSSR count). The second-order valence-corrected chi connectivity index (χ2v) is 6.64. The number of rotatable bonds is 7. The van der Waals surface area contributed by atoms with Crippen LogP contribution >= 0.6 is 0 Å². The quantitative estimate of drug-likeness (QED) is 0.254. The highest BCUT2D eigenvalue weighted by atomic mass is 19.1. The Morgan fingerprint density at radius 3 is 2.43 bits per heavy atom. The van der Waals surface area contributed by atoms with Gasteiger partial charge >= 0.3 is 11.7 Å². The number of benzene rings is 2. The summed E-state index contributed by atoms with van der Waals surface area (Å²) in [6, 6.07) is 11.6. The van der Waals surface area contributed by atoms with Crippen LogP contribution in [0.5, 0.6) is 0 Å². The van der Waals surface area contributed by atoms with Crippen molar-refractivity contribution in [3.63, 3.8) is 0 Å². The molecule has 0 saturated carbocycles. The SMILES string of the molecule is Cc1nn(Cc2ccc(C(=O)OCC(=O)c3cccc(F)c3)cc2)c(C)c1[N+](=O)[O-]. The largest absolute Gasteiger partial charge is 0.454 e. The summed E-state index contributed by atoms with van der Waals surface area (Å²) in [6.07, 6.45) is 0. The number of hydrogen-bond donors (Lipinski definition) is 0. The van der Waals surface area contributed by atoms with Crippen LogP contribution in [0.3, 0.4) is 0 Å². The molecule has 0 bridgehead atoms. The van der Waals surface area contributed by atoms with Gasteiger partial charge in [0.1, 0.15) is 17.2 Å². The average molecular weight is 411 g/mol. The lowest BCUT2D eigenvalue weighted by molar-refractivity contribution is -0.386. The summed E-state index contributed by atoms with van der Waals surface area (Å²) in [5.74, 6) is -1.74. The van der Waals surface area contributed by atoms with Gasteiger partial charge in [-0.25, -0.2) is 9.18 Å². The second kappa shape index (κ2) is 8.64. The minimum atomic E-state index is -0.687. The summed E-state index contributed by atoms with van der Waals surface area (Å²) < 4.78 is 19.7. The van der Waals surface area contributed by atoms with E-state index in [1.54, 1.807) is 26.0 Å². The first-order chi connectivity index (χ1) is 14.3. The van der Waals surface area contributed by atoms with E-state index in [1.165, 1.54) is 35.0 Å². The molecule has 30 heavy (non-hydrogen) atoms. The Kier molecular flexibility index (Phi) is 6.01. The molecule has 3 aromatic rings. The van der Waals surface area contributed by atoms with Crippen LogP contribution in [0.2, 0.25) is 0 Å². The van der Waals surface area contributed by atoms with Crippen molar-refractivity contribution in [2.45, 2.75) is 20.4 Å². The lowest BCUT2D eigenvalue weighted by Gasteiger charge is -2.07. The number of Topliss-reactive ketones (excluding diaryl/α,β-unsaturated/α-hetero) is 1. The van der Waals surface area contributed by atoms with Crippen LogP contribution in [0, 0.1) is 29.8 Å². The number of carbonyl (C=O) groups excluding carboxylic acids is 2. The van der Waals surface area contributed by atoms with Crippen LogP contribution in [0.1, 0.15) is 37.7 Å². The molecular formula is C21H18FN3O5. The average Bonchev–Trinajstić information content (AvgIpc) is 2.99. The van der Waals surface area contributed by atoms with E-state index in [1.807, 2.05) is 0 Å². The monoisotopic (exact) mass is 411 g/mol. The van der Waals surface area contributed by atoms with Gasteiger partial charge in [0, 0.05) is 5.56 Å². The predicted octanol–water partition coefficient (Wildman–Crippen LogP) is 3.64. The highest BCUT2D eigenvalue weighted by molar-refractivity contribution is 5.99. The summed E-state index contributed by atoms with van der Waals surface area (Å²) in [7, 11) is 0. The zero-order valence-electron chi connectivity index (χ0n) is 16.3. The Morgan fingerprint density at radius 1 is 1.13 bits per heavy atom. The molecule has 0 aliphatic carbocycles. The smallest absolute Gasteiger partial charge is 0.338 e. The van der Waals surface area contributed by atoms with Gasteiger partial charge in [-0.1, -0.05) is 24.3 Å². The molecule has 8 nitrogen and oxygen atoms in total. The number of ketones is 1. The molecule has 0 unspecified atom stereocenters. The maximum absolute atomic E-state index is 13.2. The van der Waals surface area contributed by atoms with E-state index >= 15 is 0 Å². The molecule has 0 aliphatic heterocycles. The van der Waals surface area contributed by atoms with E-state index in [2.05, 4.69) is 5.10 Å². The van der Waals surface area contributed by atoms with Crippen LogP contribution in [-0.2, 0) is 11.3 Å². The van der Waals surface area contributed by atoms with Gasteiger partial charge in [0.2, 0.25) is 0 Å². The van der Waals surface area contributed by atoms with E-state index in [-0.39, 0.29) is 16.8 Å². The predicted molar refractivity (Wildman–Crippen MR) is 105 cm³/mol. The highest BCUT2D eigenvalue weighted by Gasteiger charge is 2.21. The summed E-state index contributed by atoms with van der Waals surface area (Å²) in [5.41, 5.74) is 1.90. The number of hydrogen-bond acceptors (Lipinski definition) is 6. The van der Waals surface area contributed by atoms with Crippen molar-refractivity contribution < 1.29 is 23.6 Å². The third-order valence-electron chi connectivity index (χ3n) is 4.53. The Morgan fingerprint density at radius 2 is 1.83 bits per heavy atom. The van der Waals surface area contributed by atoms with E-state index in [9.17, 15) is 24.1 Å². The Hall–Kier alpha value is -3.88. The third-order valence-corrected chi connectivity index (χ3v) is 4.53. The van der Waals surface area contributed by atoms with E-state index < -0.39 is 29.1 Å². The van der Waals surface area contributed by atoms with Crippen molar-refractivity contribution in [2.24, 2.45) is 0 Å². The number of aromatic nitrogens is 2. The summed E-state index contributed by atoms with van der Waals surface area (Å²) in [6.45, 7) is 3.00. The van der Waals surface area contributed by atoms with Crippen LogP contribution in [0.15, 0.2) is 48.5 Å². The van der Waals surface area contributed by atoms with Crippen LogP contribution < -0.4 is 0 Å². The Balaban J connectivity index is 1.63. The minimum Gasteiger partial charge on any atom is -0.454 e. The maximum atomic E-state index is 13.2. The number of carbonyl (C=O) groups is 2. The number of aryl methyl sites for hydroxylation is 1. The summed E-state index contributed by atoms with van der Waals surface area (Å²) in [5, 5.41) is 15.3. The summed E-state index contributed by atoms with van der Waals surface area (Å²) >= 11 is 0. The molecule has 1 aromatic heterocycles. The number of esters is 1. The molecule has 0 spiro atoms. The van der Waals surface area contributed by atoms with Crippen molar-refractivity contribution >= 4 is 17.4 Å². The van der Waals surface area contributed by atoms with Gasteiger partial charge in [0.05, 0.1) is 17.0 Å². The number of nitro groups is 1. The van der Waals surface area contributed by atoms with Gasteiger partial charge in [-0.05, 0) is 43.7 Å². The van der Waals surface area contributed by atoms with Crippen molar-refractivity contribution in [3.8, 4) is 0 Å². The minimum absolute atomic E-state index is 0.0156. The first-order valence-electron chi connectivity index (χ1n) is 8.99. The number of halogens is 1. The lowest BCUT2D eigenvalue weighted by Crippen LogP contribution is -2.14. The molecular weight excluding hydrogens is 393 g/mol. The Bertz CT molecular complexity index is 1120.